The lowest BCUT2D eigenvalue weighted by Gasteiger charge is -2.15. The first-order valence-corrected chi connectivity index (χ1v) is 7.86. The molecule has 0 atom stereocenters. The van der Waals surface area contributed by atoms with E-state index in [9.17, 15) is 41.1 Å². The number of alkyl halides is 6. The third kappa shape index (κ3) is 4.02. The number of nitrogens with zero attached hydrogens (tertiary/aromatic N) is 1. The Morgan fingerprint density at radius 1 is 0.900 bits per heavy atom. The Kier molecular flexibility index (Phi) is 4.88. The average molecular weight is 433 g/mol. The summed E-state index contributed by atoms with van der Waals surface area (Å²) in [6.45, 7) is 0. The highest BCUT2D eigenvalue weighted by Gasteiger charge is 2.37. The third-order valence-electron chi connectivity index (χ3n) is 3.98. The van der Waals surface area contributed by atoms with Gasteiger partial charge in [-0.2, -0.15) is 31.1 Å². The molecular formula is C18H9F6NO5. The van der Waals surface area contributed by atoms with Crippen LogP contribution in [0.3, 0.4) is 0 Å². The molecule has 0 saturated carbocycles. The van der Waals surface area contributed by atoms with Gasteiger partial charge in [-0.1, -0.05) is 0 Å². The second-order valence-corrected chi connectivity index (χ2v) is 6.04. The smallest absolute Gasteiger partial charge is 0.416 e. The summed E-state index contributed by atoms with van der Waals surface area (Å²) >= 11 is 0. The van der Waals surface area contributed by atoms with Gasteiger partial charge in [-0.05, 0) is 36.4 Å². The second kappa shape index (κ2) is 6.97. The molecule has 3 rings (SSSR count). The number of fused-ring (bicyclic) bond motifs is 1. The summed E-state index contributed by atoms with van der Waals surface area (Å²) in [6.07, 6.45) is -9.51. The largest absolute Gasteiger partial charge is 0.477 e. The van der Waals surface area contributed by atoms with E-state index in [0.717, 1.165) is 18.2 Å². The minimum absolute atomic E-state index is 0.0726. The summed E-state index contributed by atoms with van der Waals surface area (Å²) < 4.78 is 83.1. The molecule has 6 nitrogen and oxygen atoms in total. The Morgan fingerprint density at radius 3 is 1.97 bits per heavy atom. The Morgan fingerprint density at radius 2 is 1.47 bits per heavy atom. The fraction of sp³-hybridized carbons (Fsp3) is 0.111. The molecule has 0 spiro atoms. The first-order valence-electron chi connectivity index (χ1n) is 7.86. The number of benzene rings is 2. The van der Waals surface area contributed by atoms with Gasteiger partial charge in [-0.15, -0.1) is 0 Å². The Labute approximate surface area is 162 Å². The van der Waals surface area contributed by atoms with Gasteiger partial charge < -0.3 is 15.1 Å². The van der Waals surface area contributed by atoms with Crippen LogP contribution >= 0.6 is 0 Å². The molecule has 158 valence electrons. The Bertz CT molecular complexity index is 1180. The SMILES string of the molecule is O=C(O)c1cn(O)c2ccc(Oc3cc(C(F)(F)F)cc(C(F)(F)F)c3)cc2c1=O. The third-order valence-corrected chi connectivity index (χ3v) is 3.98. The van der Waals surface area contributed by atoms with Crippen molar-refractivity contribution in [3.05, 3.63) is 69.5 Å². The Hall–Kier alpha value is -3.70. The molecule has 12 heteroatoms. The van der Waals surface area contributed by atoms with Crippen molar-refractivity contribution in [1.29, 1.82) is 0 Å². The number of carboxylic acids is 1. The molecular weight excluding hydrogens is 424 g/mol. The summed E-state index contributed by atoms with van der Waals surface area (Å²) in [7, 11) is 0. The van der Waals surface area contributed by atoms with Crippen LogP contribution in [0.15, 0.2) is 47.4 Å². The number of hydrogen-bond acceptors (Lipinski definition) is 4. The Balaban J connectivity index is 2.13. The predicted octanol–water partition coefficient (Wildman–Crippen LogP) is 4.77. The fourth-order valence-electron chi connectivity index (χ4n) is 2.63. The van der Waals surface area contributed by atoms with Crippen LogP contribution in [0, 0.1) is 0 Å². The lowest BCUT2D eigenvalue weighted by Crippen LogP contribution is -2.18. The number of carboxylic acid groups (broad SMARTS) is 1. The maximum atomic E-state index is 13.0. The van der Waals surface area contributed by atoms with E-state index in [0.29, 0.717) is 23.1 Å². The van der Waals surface area contributed by atoms with Gasteiger partial charge in [0.25, 0.3) is 0 Å². The second-order valence-electron chi connectivity index (χ2n) is 6.04. The van der Waals surface area contributed by atoms with Crippen LogP contribution in [0.1, 0.15) is 21.5 Å². The molecule has 0 unspecified atom stereocenters. The van der Waals surface area contributed by atoms with Crippen molar-refractivity contribution in [2.75, 3.05) is 0 Å². The van der Waals surface area contributed by atoms with Gasteiger partial charge in [-0.25, -0.2) is 4.79 Å². The zero-order chi connectivity index (χ0) is 22.4. The molecule has 2 N–H and O–H groups in total. The lowest BCUT2D eigenvalue weighted by molar-refractivity contribution is -0.143. The first kappa shape index (κ1) is 21.0. The fourth-order valence-corrected chi connectivity index (χ4v) is 2.63. The van der Waals surface area contributed by atoms with Crippen molar-refractivity contribution < 1.29 is 46.2 Å². The van der Waals surface area contributed by atoms with Crippen molar-refractivity contribution in [2.45, 2.75) is 12.4 Å². The zero-order valence-electron chi connectivity index (χ0n) is 14.4. The highest BCUT2D eigenvalue weighted by Crippen LogP contribution is 2.39. The minimum Gasteiger partial charge on any atom is -0.477 e. The van der Waals surface area contributed by atoms with Gasteiger partial charge >= 0.3 is 18.3 Å². The average Bonchev–Trinajstić information content (AvgIpc) is 2.62. The molecule has 0 saturated heterocycles. The highest BCUT2D eigenvalue weighted by atomic mass is 19.4. The van der Waals surface area contributed by atoms with E-state index in [1.807, 2.05) is 0 Å². The number of aromatic nitrogens is 1. The molecule has 3 aromatic rings. The number of carbonyl (C=O) groups is 1. The molecule has 30 heavy (non-hydrogen) atoms. The molecule has 1 heterocycles. The van der Waals surface area contributed by atoms with E-state index in [1.165, 1.54) is 0 Å². The van der Waals surface area contributed by atoms with E-state index in [1.54, 1.807) is 0 Å². The van der Waals surface area contributed by atoms with Crippen LogP contribution in [0.2, 0.25) is 0 Å². The van der Waals surface area contributed by atoms with Crippen LogP contribution < -0.4 is 10.2 Å². The van der Waals surface area contributed by atoms with Crippen molar-refractivity contribution >= 4 is 16.9 Å². The van der Waals surface area contributed by atoms with E-state index >= 15 is 0 Å². The number of rotatable bonds is 3. The van der Waals surface area contributed by atoms with Crippen LogP contribution in [-0.4, -0.2) is 21.0 Å². The topological polar surface area (TPSA) is 88.8 Å². The van der Waals surface area contributed by atoms with Crippen molar-refractivity contribution in [3.63, 3.8) is 0 Å². The summed E-state index contributed by atoms with van der Waals surface area (Å²) in [5.74, 6) is -2.81. The van der Waals surface area contributed by atoms with Gasteiger partial charge in [0.15, 0.2) is 0 Å². The van der Waals surface area contributed by atoms with E-state index in [2.05, 4.69) is 0 Å². The van der Waals surface area contributed by atoms with E-state index < -0.39 is 46.2 Å². The zero-order valence-corrected chi connectivity index (χ0v) is 14.4. The molecule has 0 aliphatic rings. The van der Waals surface area contributed by atoms with E-state index in [-0.39, 0.29) is 22.7 Å². The molecule has 2 aromatic carbocycles. The number of hydrogen-bond donors (Lipinski definition) is 2. The maximum absolute atomic E-state index is 13.0. The summed E-state index contributed by atoms with van der Waals surface area (Å²) in [5, 5.41) is 18.4. The van der Waals surface area contributed by atoms with Crippen LogP contribution in [-0.2, 0) is 12.4 Å². The minimum atomic E-state index is -5.08. The standard InChI is InChI=1S/C18H9F6NO5/c19-17(20,21)8-3-9(18(22,23)24)5-11(4-8)30-10-1-2-14-12(6-10)15(26)13(16(27)28)7-25(14)29/h1-7,29H,(H,27,28). The monoisotopic (exact) mass is 433 g/mol. The predicted molar refractivity (Wildman–Crippen MR) is 88.9 cm³/mol. The molecule has 0 aliphatic heterocycles. The molecule has 0 aliphatic carbocycles. The molecule has 0 amide bonds. The van der Waals surface area contributed by atoms with E-state index in [4.69, 9.17) is 9.84 Å². The highest BCUT2D eigenvalue weighted by molar-refractivity contribution is 5.92. The van der Waals surface area contributed by atoms with Gasteiger partial charge in [-0.3, -0.25) is 4.79 Å². The molecule has 0 fully saturated rings. The van der Waals surface area contributed by atoms with Gasteiger partial charge in [0.2, 0.25) is 5.43 Å². The number of halogens is 6. The van der Waals surface area contributed by atoms with Gasteiger partial charge in [0.05, 0.1) is 28.2 Å². The molecule has 0 bridgehead atoms. The first-order chi connectivity index (χ1) is 13.8. The lowest BCUT2D eigenvalue weighted by atomic mass is 10.1. The van der Waals surface area contributed by atoms with Crippen LogP contribution in [0.5, 0.6) is 11.5 Å². The summed E-state index contributed by atoms with van der Waals surface area (Å²) in [6, 6.07) is 3.66. The van der Waals surface area contributed by atoms with Crippen LogP contribution in [0.4, 0.5) is 26.3 Å². The summed E-state index contributed by atoms with van der Waals surface area (Å²) in [4.78, 5) is 23.3. The molecule has 1 aromatic heterocycles. The maximum Gasteiger partial charge on any atom is 0.416 e. The van der Waals surface area contributed by atoms with Gasteiger partial charge in [0.1, 0.15) is 17.1 Å². The molecule has 0 radical (unpaired) electrons. The number of aromatic carboxylic acids is 1. The van der Waals surface area contributed by atoms with Crippen LogP contribution in [0.25, 0.3) is 10.9 Å². The van der Waals surface area contributed by atoms with Gasteiger partial charge in [0, 0.05) is 0 Å². The van der Waals surface area contributed by atoms with Crippen molar-refractivity contribution in [1.82, 2.24) is 4.73 Å². The number of ether oxygens (including phenoxy) is 1. The quantitative estimate of drug-likeness (QED) is 0.459. The van der Waals surface area contributed by atoms with Crippen molar-refractivity contribution in [3.8, 4) is 11.5 Å². The number of pyridine rings is 1. The van der Waals surface area contributed by atoms with Crippen molar-refractivity contribution in [2.24, 2.45) is 0 Å². The summed E-state index contributed by atoms with van der Waals surface area (Å²) in [5.41, 5.74) is -5.19. The normalized spacial score (nSPS) is 12.2.